The molecular weight excluding hydrogens is 395 g/mol. The second-order valence-electron chi connectivity index (χ2n) is 6.77. The van der Waals surface area contributed by atoms with Crippen molar-refractivity contribution < 1.29 is 17.9 Å². The quantitative estimate of drug-likeness (QED) is 0.438. The van der Waals surface area contributed by atoms with Gasteiger partial charge in [0, 0.05) is 18.6 Å². The Morgan fingerprint density at radius 3 is 2.67 bits per heavy atom. The molecule has 6 nitrogen and oxygen atoms in total. The van der Waals surface area contributed by atoms with Crippen molar-refractivity contribution >= 4 is 21.9 Å². The molecule has 0 radical (unpaired) electrons. The van der Waals surface area contributed by atoms with E-state index in [1.807, 2.05) is 12.1 Å². The topological polar surface area (TPSA) is 68.6 Å². The van der Waals surface area contributed by atoms with E-state index >= 15 is 0 Å². The monoisotopic (exact) mass is 409 g/mol. The van der Waals surface area contributed by atoms with Gasteiger partial charge in [-0.3, -0.25) is 10.1 Å². The summed E-state index contributed by atoms with van der Waals surface area (Å²) < 4.78 is 46.7. The Morgan fingerprint density at radius 2 is 1.90 bits per heavy atom. The molecule has 9 heteroatoms. The summed E-state index contributed by atoms with van der Waals surface area (Å²) in [5.74, 6) is 1.62. The zero-order valence-corrected chi connectivity index (χ0v) is 15.6. The van der Waals surface area contributed by atoms with Crippen LogP contribution in [0.2, 0.25) is 0 Å². The van der Waals surface area contributed by atoms with Crippen molar-refractivity contribution in [2.45, 2.75) is 6.18 Å². The zero-order chi connectivity index (χ0) is 20.9. The van der Waals surface area contributed by atoms with Crippen molar-refractivity contribution in [2.24, 2.45) is 7.05 Å². The third-order valence-electron chi connectivity index (χ3n) is 4.82. The van der Waals surface area contributed by atoms with Crippen LogP contribution < -0.4 is 4.74 Å². The fourth-order valence-corrected chi connectivity index (χ4v) is 3.36. The number of alkyl halides is 3. The molecule has 3 heterocycles. The van der Waals surface area contributed by atoms with E-state index in [1.165, 1.54) is 6.07 Å². The summed E-state index contributed by atoms with van der Waals surface area (Å²) in [4.78, 5) is 8.44. The largest absolute Gasteiger partial charge is 0.456 e. The zero-order valence-electron chi connectivity index (χ0n) is 15.6. The number of nitrogens with one attached hydrogen (secondary N) is 1. The fraction of sp³-hybridized carbons (Fsp3) is 0.0952. The molecule has 0 aliphatic carbocycles. The summed E-state index contributed by atoms with van der Waals surface area (Å²) in [5.41, 5.74) is 1.37. The van der Waals surface area contributed by atoms with E-state index in [0.29, 0.717) is 28.5 Å². The van der Waals surface area contributed by atoms with Gasteiger partial charge in [0.2, 0.25) is 0 Å². The van der Waals surface area contributed by atoms with Gasteiger partial charge in [-0.25, -0.2) is 4.98 Å². The van der Waals surface area contributed by atoms with Crippen LogP contribution in [0.25, 0.3) is 33.5 Å². The van der Waals surface area contributed by atoms with Gasteiger partial charge in [0.1, 0.15) is 17.2 Å². The van der Waals surface area contributed by atoms with Crippen molar-refractivity contribution in [2.75, 3.05) is 0 Å². The summed E-state index contributed by atoms with van der Waals surface area (Å²) >= 11 is 0. The number of nitrogens with zero attached hydrogens (tertiary/aromatic N) is 4. The standard InChI is InChI=1S/C21H14F3N5O/c1-29-18-7-4-12(21(22,23)24)9-17(18)26-20(29)19-15-10-13(5-6-16(15)27-28-19)30-14-3-2-8-25-11-14/h2-11H,1H3,(H,27,28). The minimum atomic E-state index is -4.43. The van der Waals surface area contributed by atoms with E-state index in [0.717, 1.165) is 23.0 Å². The Bertz CT molecular complexity index is 1370. The van der Waals surface area contributed by atoms with Crippen molar-refractivity contribution in [1.29, 1.82) is 0 Å². The Morgan fingerprint density at radius 1 is 1.03 bits per heavy atom. The lowest BCUT2D eigenvalue weighted by atomic mass is 10.2. The van der Waals surface area contributed by atoms with E-state index in [2.05, 4.69) is 20.2 Å². The average molecular weight is 409 g/mol. The first-order valence-electron chi connectivity index (χ1n) is 9.00. The van der Waals surface area contributed by atoms with Crippen molar-refractivity contribution in [3.63, 3.8) is 0 Å². The molecule has 0 fully saturated rings. The fourth-order valence-electron chi connectivity index (χ4n) is 3.36. The molecule has 5 rings (SSSR count). The van der Waals surface area contributed by atoms with Crippen molar-refractivity contribution in [3.05, 3.63) is 66.5 Å². The summed E-state index contributed by atoms with van der Waals surface area (Å²) in [5, 5.41) is 8.02. The number of pyridine rings is 1. The third-order valence-corrected chi connectivity index (χ3v) is 4.82. The van der Waals surface area contributed by atoms with Crippen molar-refractivity contribution in [3.8, 4) is 23.0 Å². The van der Waals surface area contributed by atoms with Crippen LogP contribution in [0.4, 0.5) is 13.2 Å². The molecule has 30 heavy (non-hydrogen) atoms. The van der Waals surface area contributed by atoms with Gasteiger partial charge < -0.3 is 9.30 Å². The number of H-pyrrole nitrogens is 1. The van der Waals surface area contributed by atoms with Crippen LogP contribution in [0.3, 0.4) is 0 Å². The van der Waals surface area contributed by atoms with Gasteiger partial charge in [-0.15, -0.1) is 0 Å². The SMILES string of the molecule is Cn1c(-c2n[nH]c3ccc(Oc4cccnc4)cc23)nc2cc(C(F)(F)F)ccc21. The van der Waals surface area contributed by atoms with Gasteiger partial charge in [0.05, 0.1) is 28.3 Å². The first-order valence-corrected chi connectivity index (χ1v) is 9.00. The van der Waals surface area contributed by atoms with Crippen molar-refractivity contribution in [1.82, 2.24) is 24.7 Å². The molecule has 0 spiro atoms. The van der Waals surface area contributed by atoms with E-state index in [1.54, 1.807) is 42.2 Å². The van der Waals surface area contributed by atoms with Gasteiger partial charge >= 0.3 is 6.18 Å². The summed E-state index contributed by atoms with van der Waals surface area (Å²) in [6, 6.07) is 12.5. The van der Waals surface area contributed by atoms with Crippen LogP contribution in [0, 0.1) is 0 Å². The Balaban J connectivity index is 1.61. The molecule has 1 N–H and O–H groups in total. The number of hydrogen-bond donors (Lipinski definition) is 1. The number of rotatable bonds is 3. The lowest BCUT2D eigenvalue weighted by Crippen LogP contribution is -2.04. The number of aryl methyl sites for hydroxylation is 1. The van der Waals surface area contributed by atoms with Gasteiger partial charge in [0.15, 0.2) is 5.82 Å². The molecule has 0 unspecified atom stereocenters. The third kappa shape index (κ3) is 3.04. The number of hydrogen-bond acceptors (Lipinski definition) is 4. The molecule has 3 aromatic heterocycles. The normalized spacial score (nSPS) is 12.0. The van der Waals surface area contributed by atoms with Gasteiger partial charge in [-0.05, 0) is 48.5 Å². The molecule has 0 bridgehead atoms. The molecule has 0 amide bonds. The second kappa shape index (κ2) is 6.58. The summed E-state index contributed by atoms with van der Waals surface area (Å²) in [6.45, 7) is 0. The highest BCUT2D eigenvalue weighted by Crippen LogP contribution is 2.34. The first-order chi connectivity index (χ1) is 14.4. The number of aromatic amines is 1. The van der Waals surface area contributed by atoms with Crippen LogP contribution in [-0.4, -0.2) is 24.7 Å². The number of benzene rings is 2. The summed E-state index contributed by atoms with van der Waals surface area (Å²) in [7, 11) is 1.74. The molecule has 2 aromatic carbocycles. The van der Waals surface area contributed by atoms with Gasteiger partial charge in [-0.1, -0.05) is 0 Å². The van der Waals surface area contributed by atoms with E-state index in [4.69, 9.17) is 4.74 Å². The Kier molecular flexibility index (Phi) is 3.99. The van der Waals surface area contributed by atoms with Crippen LogP contribution >= 0.6 is 0 Å². The number of fused-ring (bicyclic) bond motifs is 2. The highest BCUT2D eigenvalue weighted by Gasteiger charge is 2.31. The van der Waals surface area contributed by atoms with Gasteiger partial charge in [-0.2, -0.15) is 18.3 Å². The molecule has 0 aliphatic rings. The van der Waals surface area contributed by atoms with Crippen LogP contribution in [-0.2, 0) is 13.2 Å². The first kappa shape index (κ1) is 18.2. The lowest BCUT2D eigenvalue weighted by molar-refractivity contribution is -0.137. The highest BCUT2D eigenvalue weighted by atomic mass is 19.4. The number of halogens is 3. The van der Waals surface area contributed by atoms with Crippen LogP contribution in [0.5, 0.6) is 11.5 Å². The maximum Gasteiger partial charge on any atom is 0.416 e. The Hall–Kier alpha value is -3.88. The second-order valence-corrected chi connectivity index (χ2v) is 6.77. The molecule has 0 atom stereocenters. The van der Waals surface area contributed by atoms with Gasteiger partial charge in [0.25, 0.3) is 0 Å². The minimum Gasteiger partial charge on any atom is -0.456 e. The lowest BCUT2D eigenvalue weighted by Gasteiger charge is -2.06. The van der Waals surface area contributed by atoms with E-state index in [9.17, 15) is 13.2 Å². The number of aromatic nitrogens is 5. The van der Waals surface area contributed by atoms with E-state index in [-0.39, 0.29) is 5.52 Å². The molecule has 0 saturated carbocycles. The number of imidazole rings is 1. The molecule has 150 valence electrons. The predicted octanol–water partition coefficient (Wildman–Crippen LogP) is 5.32. The molecule has 0 aliphatic heterocycles. The maximum atomic E-state index is 13.1. The highest BCUT2D eigenvalue weighted by molar-refractivity contribution is 5.94. The molecule has 0 saturated heterocycles. The molecular formula is C21H14F3N5O. The van der Waals surface area contributed by atoms with Crippen LogP contribution in [0.1, 0.15) is 5.56 Å². The maximum absolute atomic E-state index is 13.1. The van der Waals surface area contributed by atoms with Crippen LogP contribution in [0.15, 0.2) is 60.9 Å². The average Bonchev–Trinajstić information content (AvgIpc) is 3.28. The summed E-state index contributed by atoms with van der Waals surface area (Å²) in [6.07, 6.45) is -1.17. The number of ether oxygens (including phenoxy) is 1. The van der Waals surface area contributed by atoms with E-state index < -0.39 is 11.7 Å². The molecule has 5 aromatic rings. The predicted molar refractivity (Wildman–Crippen MR) is 105 cm³/mol. The minimum absolute atomic E-state index is 0.251. The smallest absolute Gasteiger partial charge is 0.416 e. The Labute approximate surface area is 168 Å².